The lowest BCUT2D eigenvalue weighted by atomic mass is 10.2. The number of hydrogen-bond acceptors (Lipinski definition) is 28. The molecule has 114 heavy (non-hydrogen) atoms. The van der Waals surface area contributed by atoms with Crippen molar-refractivity contribution in [1.82, 2.24) is 9.97 Å². The Morgan fingerprint density at radius 1 is 0.325 bits per heavy atom. The number of ether oxygens (including phenoxy) is 12. The van der Waals surface area contributed by atoms with E-state index in [4.69, 9.17) is 56.8 Å². The van der Waals surface area contributed by atoms with Crippen molar-refractivity contribution in [1.29, 1.82) is 0 Å². The number of benzene rings is 8. The molecule has 0 aliphatic heterocycles. The van der Waals surface area contributed by atoms with Crippen molar-refractivity contribution in [2.45, 2.75) is 64.2 Å². The number of fused-ring (bicyclic) bond motifs is 2. The van der Waals surface area contributed by atoms with Crippen LogP contribution in [0.3, 0.4) is 0 Å². The van der Waals surface area contributed by atoms with Gasteiger partial charge in [0.05, 0.1) is 108 Å². The molecule has 0 bridgehead atoms. The summed E-state index contributed by atoms with van der Waals surface area (Å²) in [6, 6.07) is 50.5. The number of carbonyl (C=O) groups is 8. The monoisotopic (exact) mass is 1580 g/mol. The van der Waals surface area contributed by atoms with E-state index >= 15 is 0 Å². The summed E-state index contributed by atoms with van der Waals surface area (Å²) < 4.78 is 67.6. The predicted molar refractivity (Wildman–Crippen MR) is 433 cm³/mol. The zero-order valence-corrected chi connectivity index (χ0v) is 63.7. The minimum atomic E-state index is -0.659. The summed E-state index contributed by atoms with van der Waals surface area (Å²) in [6.45, 7) is 16.1. The molecule has 0 fully saturated rings. The first-order valence-corrected chi connectivity index (χ1v) is 37.8. The second-order valence-corrected chi connectivity index (χ2v) is 26.2. The maximum atomic E-state index is 13.3. The van der Waals surface area contributed by atoms with Crippen LogP contribution in [-0.4, -0.2) is 123 Å². The molecule has 8 aromatic carbocycles. The molecule has 0 atom stereocenters. The van der Waals surface area contributed by atoms with Crippen LogP contribution in [0.5, 0.6) is 46.0 Å². The maximum Gasteiger partial charge on any atom is 0.343 e. The minimum Gasteiger partial charge on any atom is -0.494 e. The van der Waals surface area contributed by atoms with Gasteiger partial charge in [-0.25, -0.2) is 48.3 Å². The van der Waals surface area contributed by atoms with Crippen LogP contribution in [0.15, 0.2) is 243 Å². The number of thiazole rings is 2. The lowest BCUT2D eigenvalue weighted by Gasteiger charge is -2.11. The summed E-state index contributed by atoms with van der Waals surface area (Å²) in [7, 11) is 0. The number of anilines is 2. The van der Waals surface area contributed by atoms with Gasteiger partial charge < -0.3 is 56.8 Å². The van der Waals surface area contributed by atoms with E-state index in [1.807, 2.05) is 48.5 Å². The van der Waals surface area contributed by atoms with Crippen molar-refractivity contribution in [2.24, 2.45) is 10.2 Å². The summed E-state index contributed by atoms with van der Waals surface area (Å²) >= 11 is 2.90. The molecule has 0 unspecified atom stereocenters. The van der Waals surface area contributed by atoms with Crippen molar-refractivity contribution < 1.29 is 95.2 Å². The number of esters is 8. The number of rotatable bonds is 44. The van der Waals surface area contributed by atoms with Gasteiger partial charge in [-0.05, 0) is 209 Å². The number of hydrazone groups is 2. The quantitative estimate of drug-likeness (QED) is 0.00681. The van der Waals surface area contributed by atoms with E-state index in [0.717, 1.165) is 96.1 Å². The number of aromatic nitrogens is 2. The van der Waals surface area contributed by atoms with Crippen LogP contribution in [0.4, 0.5) is 10.3 Å². The minimum absolute atomic E-state index is 0.168. The van der Waals surface area contributed by atoms with Gasteiger partial charge in [0.25, 0.3) is 0 Å². The Bertz CT molecular complexity index is 4920. The van der Waals surface area contributed by atoms with Gasteiger partial charge in [0.15, 0.2) is 0 Å². The van der Waals surface area contributed by atoms with Crippen LogP contribution in [0, 0.1) is 0 Å². The highest BCUT2D eigenvalue weighted by molar-refractivity contribution is 7.22. The van der Waals surface area contributed by atoms with Crippen molar-refractivity contribution in [3.8, 4) is 46.0 Å². The van der Waals surface area contributed by atoms with Crippen LogP contribution in [-0.2, 0) is 38.1 Å². The number of carbonyl (C=O) groups excluding carboxylic acids is 8. The summed E-state index contributed by atoms with van der Waals surface area (Å²) in [5.74, 6) is -1.14. The zero-order chi connectivity index (χ0) is 80.5. The summed E-state index contributed by atoms with van der Waals surface area (Å²) in [4.78, 5) is 106. The first-order valence-electron chi connectivity index (χ1n) is 36.2. The molecule has 10 rings (SSSR count). The Morgan fingerprint density at radius 2 is 0.614 bits per heavy atom. The molecule has 0 aliphatic carbocycles. The Kier molecular flexibility index (Phi) is 34.2. The molecule has 588 valence electrons. The Balaban J connectivity index is 0.000000263. The van der Waals surface area contributed by atoms with Crippen molar-refractivity contribution in [3.05, 3.63) is 266 Å². The van der Waals surface area contributed by atoms with Crippen LogP contribution in [0.2, 0.25) is 0 Å². The molecule has 2 N–H and O–H groups in total. The molecule has 0 radical (unpaired) electrons. The van der Waals surface area contributed by atoms with Gasteiger partial charge >= 0.3 is 47.8 Å². The van der Waals surface area contributed by atoms with E-state index in [2.05, 4.69) is 57.3 Å². The van der Waals surface area contributed by atoms with Gasteiger partial charge in [0.2, 0.25) is 10.3 Å². The van der Waals surface area contributed by atoms with Crippen LogP contribution >= 0.6 is 22.7 Å². The van der Waals surface area contributed by atoms with E-state index in [-0.39, 0.29) is 53.9 Å². The van der Waals surface area contributed by atoms with Gasteiger partial charge in [-0.2, -0.15) is 10.2 Å². The third-order valence-corrected chi connectivity index (χ3v) is 17.7. The highest BCUT2D eigenvalue weighted by atomic mass is 32.1. The van der Waals surface area contributed by atoms with E-state index < -0.39 is 47.8 Å². The first kappa shape index (κ1) is 84.4. The third kappa shape index (κ3) is 28.7. The van der Waals surface area contributed by atoms with Crippen molar-refractivity contribution in [3.63, 3.8) is 0 Å². The smallest absolute Gasteiger partial charge is 0.343 e. The summed E-state index contributed by atoms with van der Waals surface area (Å²) in [5, 5.41) is 9.86. The molecule has 0 saturated heterocycles. The fraction of sp³-hybridized carbons (Fsp3) is 0.209. The number of nitrogens with zero attached hydrogens (tertiary/aromatic N) is 4. The van der Waals surface area contributed by atoms with Gasteiger partial charge in [0, 0.05) is 48.3 Å². The largest absolute Gasteiger partial charge is 0.494 e. The fourth-order valence-corrected chi connectivity index (χ4v) is 11.7. The second kappa shape index (κ2) is 46.2. The molecule has 2 aromatic heterocycles. The fourth-order valence-electron chi connectivity index (χ4n) is 10.0. The van der Waals surface area contributed by atoms with E-state index in [9.17, 15) is 38.4 Å². The average molecular weight is 1580 g/mol. The first-order chi connectivity index (χ1) is 55.6. The normalized spacial score (nSPS) is 10.7. The van der Waals surface area contributed by atoms with Crippen LogP contribution in [0.1, 0.15) is 117 Å². The highest BCUT2D eigenvalue weighted by Gasteiger charge is 2.19. The van der Waals surface area contributed by atoms with Crippen LogP contribution < -0.4 is 48.7 Å². The lowest BCUT2D eigenvalue weighted by molar-refractivity contribution is -0.138. The van der Waals surface area contributed by atoms with Gasteiger partial charge in [-0.3, -0.25) is 10.9 Å². The number of unbranched alkanes of at least 4 members (excludes halogenated alkanes) is 6. The average Bonchev–Trinajstić information content (AvgIpc) is 1.70. The second-order valence-electron chi connectivity index (χ2n) is 24.2. The highest BCUT2D eigenvalue weighted by Crippen LogP contribution is 2.31. The number of nitrogens with one attached hydrogen (secondary N) is 2. The van der Waals surface area contributed by atoms with E-state index in [0.29, 0.717) is 101 Å². The number of hydrogen-bond donors (Lipinski definition) is 2. The van der Waals surface area contributed by atoms with Crippen LogP contribution in [0.25, 0.3) is 20.4 Å². The topological polar surface area (TPSA) is 322 Å². The van der Waals surface area contributed by atoms with Crippen molar-refractivity contribution in [2.75, 3.05) is 63.7 Å². The molecule has 28 heteroatoms. The molecule has 26 nitrogen and oxygen atoms in total. The molecule has 0 aliphatic rings. The van der Waals surface area contributed by atoms with Gasteiger partial charge in [-0.1, -0.05) is 73.3 Å². The molecule has 0 amide bonds. The van der Waals surface area contributed by atoms with Gasteiger partial charge in [0.1, 0.15) is 46.0 Å². The Labute approximate surface area is 665 Å². The summed E-state index contributed by atoms with van der Waals surface area (Å²) in [5.41, 5.74) is 9.56. The molecular weight excluding hydrogens is 1500 g/mol. The number of para-hydroxylation sites is 2. The SMILES string of the molecule is C=CC(=O)OCCCCCCOc1ccc(C(=O)Oc2ccc(C(=O)Oc3ccc(OCCCCCCOC(=O)C=C)cc3/C=N/Nc3nc4ccccc4s3)cc2)cc1.C=CC(=O)OCCCOc1ccc(C(=O)Oc2ccc(C(=O)Oc3ccc(OCCCOC(=O)C=C)cc3/C=N/Nc3nc4ccccc4s3)cc2)cc1. The standard InChI is InChI=1S/C46H47N3O10S.C40H35N3O10S/c1-3-42(50)56-29-13-7-5-11-27-54-36-21-17-33(18-22-36)44(52)58-37-23-19-34(20-24-37)45(53)59-40-26-25-38(55-28-12-6-8-14-30-57-43(51)4-2)31-35(40)32-47-49-46-48-39-15-9-10-16-41(39)60-46;1-3-36(44)50-23-7-21-48-30-15-11-27(12-16-30)38(46)52-31-17-13-28(14-18-31)39(47)53-34-20-19-32(49-22-8-24-51-37(45)4-2)25-29(34)26-41-43-40-42-33-9-5-6-10-35(33)54-40/h3-4,9-10,15-26,31-32H,1-2,5-8,11-14,27-30H2,(H,48,49);3-6,9-20,25-26H,1-2,7-8,21-24H2,(H,42,43)/b47-32+;41-26+. The predicted octanol–water partition coefficient (Wildman–Crippen LogP) is 16.7. The van der Waals surface area contributed by atoms with E-state index in [1.54, 1.807) is 84.9 Å². The molecular formula is C86H82N6O20S2. The van der Waals surface area contributed by atoms with E-state index in [1.165, 1.54) is 83.6 Å². The van der Waals surface area contributed by atoms with Crippen molar-refractivity contribution >= 4 is 114 Å². The van der Waals surface area contributed by atoms with Gasteiger partial charge in [-0.15, -0.1) is 0 Å². The zero-order valence-electron chi connectivity index (χ0n) is 62.1. The molecule has 2 heterocycles. The third-order valence-electron chi connectivity index (χ3n) is 15.8. The Hall–Kier alpha value is -13.6. The Morgan fingerprint density at radius 3 is 0.956 bits per heavy atom. The molecule has 0 spiro atoms. The molecule has 10 aromatic rings. The lowest BCUT2D eigenvalue weighted by Crippen LogP contribution is -2.11. The molecule has 0 saturated carbocycles. The maximum absolute atomic E-state index is 13.3. The summed E-state index contributed by atoms with van der Waals surface area (Å²) in [6.07, 6.45) is 15.2.